The fourth-order valence-electron chi connectivity index (χ4n) is 1.26. The average Bonchev–Trinajstić information content (AvgIpc) is 2.47. The Balaban J connectivity index is 2.78. The molecule has 1 unspecified atom stereocenters. The van der Waals surface area contributed by atoms with Gasteiger partial charge in [-0.05, 0) is 0 Å². The zero-order valence-corrected chi connectivity index (χ0v) is 7.47. The van der Waals surface area contributed by atoms with Gasteiger partial charge in [-0.25, -0.2) is 4.98 Å². The number of aromatic nitrogens is 2. The molecule has 0 radical (unpaired) electrons. The van der Waals surface area contributed by atoms with Gasteiger partial charge in [0.25, 0.3) is 0 Å². The van der Waals surface area contributed by atoms with Crippen molar-refractivity contribution < 1.29 is 9.90 Å². The number of aryl methyl sites for hydroxylation is 1. The normalized spacial score (nSPS) is 12.8. The van der Waals surface area contributed by atoms with Crippen LogP contribution in [0, 0.1) is 0 Å². The molecule has 0 aliphatic carbocycles. The summed E-state index contributed by atoms with van der Waals surface area (Å²) in [4.78, 5) is 14.5. The van der Waals surface area contributed by atoms with Gasteiger partial charge in [-0.15, -0.1) is 0 Å². The quantitative estimate of drug-likeness (QED) is 0.685. The zero-order valence-electron chi connectivity index (χ0n) is 7.47. The minimum atomic E-state index is -0.849. The van der Waals surface area contributed by atoms with Crippen molar-refractivity contribution in [1.82, 2.24) is 9.55 Å². The van der Waals surface area contributed by atoms with E-state index in [1.807, 2.05) is 7.05 Å². The number of carboxylic acid groups (broad SMARTS) is 1. The van der Waals surface area contributed by atoms with E-state index in [1.165, 1.54) is 0 Å². The van der Waals surface area contributed by atoms with Gasteiger partial charge >= 0.3 is 5.97 Å². The Morgan fingerprint density at radius 1 is 1.85 bits per heavy atom. The summed E-state index contributed by atoms with van der Waals surface area (Å²) in [7, 11) is 1.83. The van der Waals surface area contributed by atoms with Gasteiger partial charge in [-0.1, -0.05) is 0 Å². The van der Waals surface area contributed by atoms with Crippen molar-refractivity contribution in [3.8, 4) is 0 Å². The van der Waals surface area contributed by atoms with E-state index in [1.54, 1.807) is 17.0 Å². The highest BCUT2D eigenvalue weighted by Crippen LogP contribution is 2.15. The summed E-state index contributed by atoms with van der Waals surface area (Å²) in [6, 6.07) is 0. The summed E-state index contributed by atoms with van der Waals surface area (Å²) in [5, 5.41) is 8.61. The highest BCUT2D eigenvalue weighted by molar-refractivity contribution is 5.67. The molecule has 1 atom stereocenters. The molecular weight excluding hydrogens is 170 g/mol. The predicted molar refractivity (Wildman–Crippen MR) is 47.3 cm³/mol. The molecule has 1 aromatic rings. The van der Waals surface area contributed by atoms with Crippen LogP contribution < -0.4 is 5.73 Å². The number of carbonyl (C=O) groups is 1. The lowest BCUT2D eigenvalue weighted by atomic mass is 10.1. The monoisotopic (exact) mass is 183 g/mol. The van der Waals surface area contributed by atoms with Crippen LogP contribution in [0.25, 0.3) is 0 Å². The Labute approximate surface area is 76.2 Å². The van der Waals surface area contributed by atoms with Crippen molar-refractivity contribution in [2.24, 2.45) is 12.8 Å². The molecule has 0 aromatic carbocycles. The van der Waals surface area contributed by atoms with Crippen molar-refractivity contribution >= 4 is 5.97 Å². The predicted octanol–water partition coefficient (Wildman–Crippen LogP) is -0.0629. The van der Waals surface area contributed by atoms with Gasteiger partial charge in [-0.2, -0.15) is 0 Å². The van der Waals surface area contributed by atoms with E-state index in [2.05, 4.69) is 4.98 Å². The standard InChI is InChI=1S/C8H13N3O2/c1-11-3-2-10-8(11)6(5-9)4-7(12)13/h2-3,6H,4-5,9H2,1H3,(H,12,13). The third kappa shape index (κ3) is 2.29. The average molecular weight is 183 g/mol. The van der Waals surface area contributed by atoms with Crippen LogP contribution in [0.2, 0.25) is 0 Å². The van der Waals surface area contributed by atoms with Crippen LogP contribution in [-0.2, 0) is 11.8 Å². The van der Waals surface area contributed by atoms with Gasteiger partial charge in [0.05, 0.1) is 6.42 Å². The fourth-order valence-corrected chi connectivity index (χ4v) is 1.26. The lowest BCUT2D eigenvalue weighted by Gasteiger charge is -2.11. The van der Waals surface area contributed by atoms with Crippen LogP contribution >= 0.6 is 0 Å². The Bertz CT molecular complexity index is 295. The van der Waals surface area contributed by atoms with Crippen LogP contribution in [0.4, 0.5) is 0 Å². The summed E-state index contributed by atoms with van der Waals surface area (Å²) >= 11 is 0. The number of nitrogens with zero attached hydrogens (tertiary/aromatic N) is 2. The highest BCUT2D eigenvalue weighted by atomic mass is 16.4. The molecule has 0 spiro atoms. The molecule has 0 amide bonds. The van der Waals surface area contributed by atoms with E-state index < -0.39 is 5.97 Å². The molecule has 5 nitrogen and oxygen atoms in total. The molecule has 1 heterocycles. The number of carboxylic acids is 1. The van der Waals surface area contributed by atoms with Gasteiger partial charge in [0, 0.05) is 31.9 Å². The van der Waals surface area contributed by atoms with E-state index in [0.717, 1.165) is 5.82 Å². The van der Waals surface area contributed by atoms with Crippen molar-refractivity contribution in [2.75, 3.05) is 6.54 Å². The molecule has 0 fully saturated rings. The Kier molecular flexibility index (Phi) is 3.02. The van der Waals surface area contributed by atoms with Gasteiger partial charge in [0.2, 0.25) is 0 Å². The van der Waals surface area contributed by atoms with Gasteiger partial charge in [0.15, 0.2) is 0 Å². The maximum absolute atomic E-state index is 10.5. The summed E-state index contributed by atoms with van der Waals surface area (Å²) in [5.74, 6) is -0.319. The molecule has 3 N–H and O–H groups in total. The molecule has 1 rings (SSSR count). The van der Waals surface area contributed by atoms with Crippen LogP contribution in [0.3, 0.4) is 0 Å². The molecule has 13 heavy (non-hydrogen) atoms. The van der Waals surface area contributed by atoms with Crippen molar-refractivity contribution in [1.29, 1.82) is 0 Å². The van der Waals surface area contributed by atoms with Crippen molar-refractivity contribution in [2.45, 2.75) is 12.3 Å². The lowest BCUT2D eigenvalue weighted by molar-refractivity contribution is -0.137. The molecular formula is C8H13N3O2. The fraction of sp³-hybridized carbons (Fsp3) is 0.500. The maximum atomic E-state index is 10.5. The summed E-state index contributed by atoms with van der Waals surface area (Å²) in [6.07, 6.45) is 3.45. The van der Waals surface area contributed by atoms with Crippen molar-refractivity contribution in [3.63, 3.8) is 0 Å². The number of nitrogens with two attached hydrogens (primary N) is 1. The molecule has 1 aromatic heterocycles. The number of hydrogen-bond acceptors (Lipinski definition) is 3. The van der Waals surface area contributed by atoms with E-state index in [9.17, 15) is 4.79 Å². The first-order chi connectivity index (χ1) is 6.15. The molecule has 72 valence electrons. The van der Waals surface area contributed by atoms with Gasteiger partial charge < -0.3 is 15.4 Å². The summed E-state index contributed by atoms with van der Waals surface area (Å²) < 4.78 is 1.79. The van der Waals surface area contributed by atoms with Crippen LogP contribution in [0.5, 0.6) is 0 Å². The van der Waals surface area contributed by atoms with Crippen LogP contribution in [0.1, 0.15) is 18.2 Å². The first-order valence-corrected chi connectivity index (χ1v) is 4.04. The molecule has 5 heteroatoms. The SMILES string of the molecule is Cn1ccnc1C(CN)CC(=O)O. The van der Waals surface area contributed by atoms with E-state index in [4.69, 9.17) is 10.8 Å². The zero-order chi connectivity index (χ0) is 9.84. The molecule has 0 saturated carbocycles. The maximum Gasteiger partial charge on any atom is 0.304 e. The first-order valence-electron chi connectivity index (χ1n) is 4.04. The molecule has 0 bridgehead atoms. The Morgan fingerprint density at radius 3 is 2.92 bits per heavy atom. The summed E-state index contributed by atoms with van der Waals surface area (Å²) in [5.41, 5.74) is 5.46. The third-order valence-corrected chi connectivity index (χ3v) is 1.93. The third-order valence-electron chi connectivity index (χ3n) is 1.93. The Morgan fingerprint density at radius 2 is 2.54 bits per heavy atom. The van der Waals surface area contributed by atoms with E-state index in [0.29, 0.717) is 6.54 Å². The minimum absolute atomic E-state index is 0.0291. The number of aliphatic carboxylic acids is 1. The van der Waals surface area contributed by atoms with Crippen molar-refractivity contribution in [3.05, 3.63) is 18.2 Å². The number of hydrogen-bond donors (Lipinski definition) is 2. The van der Waals surface area contributed by atoms with E-state index in [-0.39, 0.29) is 12.3 Å². The first kappa shape index (κ1) is 9.73. The molecule has 0 aliphatic rings. The smallest absolute Gasteiger partial charge is 0.304 e. The van der Waals surface area contributed by atoms with Crippen LogP contribution in [-0.4, -0.2) is 27.2 Å². The summed E-state index contributed by atoms with van der Waals surface area (Å²) in [6.45, 7) is 0.303. The second kappa shape index (κ2) is 4.04. The number of rotatable bonds is 4. The molecule has 0 saturated heterocycles. The Hall–Kier alpha value is -1.36. The van der Waals surface area contributed by atoms with Crippen LogP contribution in [0.15, 0.2) is 12.4 Å². The molecule has 0 aliphatic heterocycles. The second-order valence-corrected chi connectivity index (χ2v) is 2.93. The largest absolute Gasteiger partial charge is 0.481 e. The second-order valence-electron chi connectivity index (χ2n) is 2.93. The number of imidazole rings is 1. The van der Waals surface area contributed by atoms with Gasteiger partial charge in [-0.3, -0.25) is 4.79 Å². The highest BCUT2D eigenvalue weighted by Gasteiger charge is 2.17. The minimum Gasteiger partial charge on any atom is -0.481 e. The van der Waals surface area contributed by atoms with Gasteiger partial charge in [0.1, 0.15) is 5.82 Å². The topological polar surface area (TPSA) is 81.1 Å². The lowest BCUT2D eigenvalue weighted by Crippen LogP contribution is -2.19. The van der Waals surface area contributed by atoms with E-state index >= 15 is 0 Å².